The quantitative estimate of drug-likeness (QED) is 0.578. The molecular weight excluding hydrogens is 478 g/mol. The van der Waals surface area contributed by atoms with Crippen LogP contribution >= 0.6 is 0 Å². The molecule has 0 spiro atoms. The summed E-state index contributed by atoms with van der Waals surface area (Å²) in [5.41, 5.74) is 4.75. The van der Waals surface area contributed by atoms with Gasteiger partial charge in [-0.2, -0.15) is 5.26 Å². The van der Waals surface area contributed by atoms with Gasteiger partial charge < -0.3 is 14.5 Å². The number of pyridine rings is 1. The number of carbonyl (C=O) groups is 1. The van der Waals surface area contributed by atoms with Gasteiger partial charge in [-0.3, -0.25) is 9.52 Å². The molecule has 10 heteroatoms. The van der Waals surface area contributed by atoms with Gasteiger partial charge in [0.25, 0.3) is 0 Å². The number of nitrogens with one attached hydrogen (secondary N) is 1. The van der Waals surface area contributed by atoms with E-state index in [1.54, 1.807) is 19.2 Å². The standard InChI is InChI=1S/C26H33N5O4S/c1-17-16-30(12-13-31(17)23(32)11-14-35-3)26-22(15-27)18(2)24(25(28-26)20-5-6-20)19-7-9-21(10-8-19)29-36(4,33)34/h7-10,17,20,29H,5-6,11-14,16H2,1-4H3/t17-/m1/s1. The Labute approximate surface area is 213 Å². The third-order valence-corrected chi connectivity index (χ3v) is 7.38. The maximum absolute atomic E-state index is 12.6. The fraction of sp³-hybridized carbons (Fsp3) is 0.500. The van der Waals surface area contributed by atoms with Crippen LogP contribution in [0.3, 0.4) is 0 Å². The number of hydrogen-bond acceptors (Lipinski definition) is 7. The number of piperazine rings is 1. The summed E-state index contributed by atoms with van der Waals surface area (Å²) in [6.45, 7) is 6.18. The average molecular weight is 512 g/mol. The molecule has 2 aromatic rings. The van der Waals surface area contributed by atoms with Gasteiger partial charge in [0.1, 0.15) is 11.9 Å². The lowest BCUT2D eigenvalue weighted by Crippen LogP contribution is -2.54. The summed E-state index contributed by atoms with van der Waals surface area (Å²) >= 11 is 0. The highest BCUT2D eigenvalue weighted by Crippen LogP contribution is 2.46. The molecule has 192 valence electrons. The van der Waals surface area contributed by atoms with Gasteiger partial charge in [-0.25, -0.2) is 13.4 Å². The molecule has 1 N–H and O–H groups in total. The van der Waals surface area contributed by atoms with E-state index in [9.17, 15) is 18.5 Å². The van der Waals surface area contributed by atoms with Crippen molar-refractivity contribution in [3.05, 3.63) is 41.1 Å². The fourth-order valence-electron chi connectivity index (χ4n) is 4.86. The van der Waals surface area contributed by atoms with Gasteiger partial charge in [-0.15, -0.1) is 0 Å². The number of aromatic nitrogens is 1. The molecule has 1 amide bonds. The van der Waals surface area contributed by atoms with Crippen LogP contribution in [0.2, 0.25) is 0 Å². The molecular formula is C26H33N5O4S. The summed E-state index contributed by atoms with van der Waals surface area (Å²) in [5.74, 6) is 1.11. The predicted molar refractivity (Wildman–Crippen MR) is 139 cm³/mol. The number of anilines is 2. The number of nitriles is 1. The highest BCUT2D eigenvalue weighted by molar-refractivity contribution is 7.92. The van der Waals surface area contributed by atoms with Crippen LogP contribution in [-0.2, 0) is 19.6 Å². The molecule has 1 saturated heterocycles. The predicted octanol–water partition coefficient (Wildman–Crippen LogP) is 3.25. The van der Waals surface area contributed by atoms with E-state index in [4.69, 9.17) is 9.72 Å². The second-order valence-electron chi connectivity index (χ2n) is 9.66. The minimum atomic E-state index is -3.36. The van der Waals surface area contributed by atoms with E-state index >= 15 is 0 Å². The lowest BCUT2D eigenvalue weighted by atomic mass is 9.93. The molecule has 9 nitrogen and oxygen atoms in total. The number of amides is 1. The van der Waals surface area contributed by atoms with Crippen LogP contribution < -0.4 is 9.62 Å². The highest BCUT2D eigenvalue weighted by atomic mass is 32.2. The highest BCUT2D eigenvalue weighted by Gasteiger charge is 2.34. The maximum Gasteiger partial charge on any atom is 0.229 e. The fourth-order valence-corrected chi connectivity index (χ4v) is 5.43. The monoisotopic (exact) mass is 511 g/mol. The Morgan fingerprint density at radius 2 is 1.94 bits per heavy atom. The van der Waals surface area contributed by atoms with Gasteiger partial charge in [-0.1, -0.05) is 12.1 Å². The van der Waals surface area contributed by atoms with E-state index < -0.39 is 10.0 Å². The van der Waals surface area contributed by atoms with Gasteiger partial charge >= 0.3 is 0 Å². The number of rotatable bonds is 8. The Morgan fingerprint density at radius 3 is 2.50 bits per heavy atom. The number of ether oxygens (including phenoxy) is 1. The number of methoxy groups -OCH3 is 1. The average Bonchev–Trinajstić information content (AvgIpc) is 3.67. The van der Waals surface area contributed by atoms with Gasteiger partial charge in [0.2, 0.25) is 15.9 Å². The summed E-state index contributed by atoms with van der Waals surface area (Å²) in [4.78, 5) is 21.6. The first-order chi connectivity index (χ1) is 17.1. The Bertz CT molecular complexity index is 1280. The zero-order valence-electron chi connectivity index (χ0n) is 21.2. The minimum Gasteiger partial charge on any atom is -0.384 e. The van der Waals surface area contributed by atoms with Crippen molar-refractivity contribution in [3.8, 4) is 17.2 Å². The molecule has 2 heterocycles. The first-order valence-corrected chi connectivity index (χ1v) is 14.1. The SMILES string of the molecule is COCCC(=O)N1CCN(c2nc(C3CC3)c(-c3ccc(NS(C)(=O)=O)cc3)c(C)c2C#N)C[C@H]1C. The first kappa shape index (κ1) is 25.9. The zero-order valence-corrected chi connectivity index (χ0v) is 22.1. The van der Waals surface area contributed by atoms with E-state index in [2.05, 4.69) is 15.7 Å². The summed E-state index contributed by atoms with van der Waals surface area (Å²) in [5, 5.41) is 10.1. The number of nitrogens with zero attached hydrogens (tertiary/aromatic N) is 4. The number of carbonyl (C=O) groups excluding carboxylic acids is 1. The van der Waals surface area contributed by atoms with E-state index in [0.717, 1.165) is 41.5 Å². The van der Waals surface area contributed by atoms with Gasteiger partial charge in [-0.05, 0) is 49.9 Å². The van der Waals surface area contributed by atoms with Crippen LogP contribution in [0.1, 0.15) is 48.9 Å². The van der Waals surface area contributed by atoms with Crippen molar-refractivity contribution >= 4 is 27.4 Å². The van der Waals surface area contributed by atoms with Crippen molar-refractivity contribution in [2.24, 2.45) is 0 Å². The molecule has 36 heavy (non-hydrogen) atoms. The second-order valence-corrected chi connectivity index (χ2v) is 11.4. The molecule has 0 unspecified atom stereocenters. The molecule has 1 aromatic heterocycles. The Hall–Kier alpha value is -3.16. The molecule has 4 rings (SSSR count). The van der Waals surface area contributed by atoms with Gasteiger partial charge in [0, 0.05) is 50.0 Å². The molecule has 1 saturated carbocycles. The van der Waals surface area contributed by atoms with Crippen molar-refractivity contribution in [1.82, 2.24) is 9.88 Å². The number of benzene rings is 1. The lowest BCUT2D eigenvalue weighted by Gasteiger charge is -2.41. The van der Waals surface area contributed by atoms with E-state index in [1.165, 1.54) is 0 Å². The minimum absolute atomic E-state index is 0.00399. The Morgan fingerprint density at radius 1 is 1.25 bits per heavy atom. The molecule has 0 radical (unpaired) electrons. The summed E-state index contributed by atoms with van der Waals surface area (Å²) < 4.78 is 30.7. The van der Waals surface area contributed by atoms with Crippen LogP contribution in [0, 0.1) is 18.3 Å². The smallest absolute Gasteiger partial charge is 0.229 e. The number of sulfonamides is 1. The van der Waals surface area contributed by atoms with E-state index in [-0.39, 0.29) is 11.9 Å². The molecule has 1 atom stereocenters. The molecule has 1 aromatic carbocycles. The third kappa shape index (κ3) is 5.63. The molecule has 1 aliphatic carbocycles. The van der Waals surface area contributed by atoms with Crippen molar-refractivity contribution in [3.63, 3.8) is 0 Å². The zero-order chi connectivity index (χ0) is 26.0. The summed E-state index contributed by atoms with van der Waals surface area (Å²) in [6.07, 6.45) is 3.59. The van der Waals surface area contributed by atoms with Crippen molar-refractivity contribution < 1.29 is 17.9 Å². The second kappa shape index (κ2) is 10.4. The van der Waals surface area contributed by atoms with Crippen LogP contribution in [0.5, 0.6) is 0 Å². The van der Waals surface area contributed by atoms with Gasteiger partial charge in [0.05, 0.1) is 30.5 Å². The van der Waals surface area contributed by atoms with Crippen molar-refractivity contribution in [2.45, 2.75) is 45.1 Å². The van der Waals surface area contributed by atoms with Crippen molar-refractivity contribution in [1.29, 1.82) is 5.26 Å². The molecule has 1 aliphatic heterocycles. The number of hydrogen-bond donors (Lipinski definition) is 1. The van der Waals surface area contributed by atoms with E-state index in [1.807, 2.05) is 30.9 Å². The topological polar surface area (TPSA) is 116 Å². The van der Waals surface area contributed by atoms with Crippen LogP contribution in [0.25, 0.3) is 11.1 Å². The maximum atomic E-state index is 12.6. The lowest BCUT2D eigenvalue weighted by molar-refractivity contribution is -0.134. The van der Waals surface area contributed by atoms with Crippen LogP contribution in [0.15, 0.2) is 24.3 Å². The van der Waals surface area contributed by atoms with Crippen molar-refractivity contribution in [2.75, 3.05) is 49.2 Å². The third-order valence-electron chi connectivity index (χ3n) is 6.78. The van der Waals surface area contributed by atoms with Crippen LogP contribution in [-0.4, -0.2) is 69.9 Å². The van der Waals surface area contributed by atoms with Crippen LogP contribution in [0.4, 0.5) is 11.5 Å². The summed E-state index contributed by atoms with van der Waals surface area (Å²) in [7, 11) is -1.77. The largest absolute Gasteiger partial charge is 0.384 e. The summed E-state index contributed by atoms with van der Waals surface area (Å²) in [6, 6.07) is 9.58. The molecule has 2 aliphatic rings. The van der Waals surface area contributed by atoms with Gasteiger partial charge in [0.15, 0.2) is 0 Å². The van der Waals surface area contributed by atoms with E-state index in [0.29, 0.717) is 55.6 Å². The molecule has 0 bridgehead atoms. The Kier molecular flexibility index (Phi) is 7.52. The molecule has 2 fully saturated rings. The Balaban J connectivity index is 1.66. The normalized spacial score (nSPS) is 18.1. The first-order valence-electron chi connectivity index (χ1n) is 12.2.